The van der Waals surface area contributed by atoms with E-state index in [9.17, 15) is 9.59 Å². The summed E-state index contributed by atoms with van der Waals surface area (Å²) >= 11 is 0. The molecule has 2 aromatic rings. The number of carboxylic acid groups (broad SMARTS) is 1. The van der Waals surface area contributed by atoms with Crippen molar-refractivity contribution in [2.45, 2.75) is 97.0 Å². The van der Waals surface area contributed by atoms with E-state index < -0.39 is 17.5 Å². The quantitative estimate of drug-likeness (QED) is 0.182. The van der Waals surface area contributed by atoms with Crippen molar-refractivity contribution in [3.05, 3.63) is 65.2 Å². The maximum Gasteiger partial charge on any atom is 0.339 e. The minimum atomic E-state index is -1.02. The summed E-state index contributed by atoms with van der Waals surface area (Å²) in [6.07, 6.45) is 12.4. The van der Waals surface area contributed by atoms with Crippen LogP contribution in [-0.4, -0.2) is 23.7 Å². The second-order valence-electron chi connectivity index (χ2n) is 9.45. The van der Waals surface area contributed by atoms with Crippen LogP contribution in [0.25, 0.3) is 0 Å². The summed E-state index contributed by atoms with van der Waals surface area (Å²) in [6.45, 7) is 7.06. The van der Waals surface area contributed by atoms with Gasteiger partial charge in [0.05, 0.1) is 17.7 Å². The van der Waals surface area contributed by atoms with Crippen LogP contribution in [0.5, 0.6) is 5.75 Å². The van der Waals surface area contributed by atoms with E-state index >= 15 is 0 Å². The van der Waals surface area contributed by atoms with Crippen molar-refractivity contribution < 1.29 is 24.2 Å². The first-order valence-corrected chi connectivity index (χ1v) is 13.2. The SMILES string of the molecule is CCCCCCCCOc1ccc(C(C)(CCCCCC)OC(=O)c2ccc(C(=O)O)cc2)cc1. The summed E-state index contributed by atoms with van der Waals surface area (Å²) in [5.74, 6) is -0.654. The molecule has 5 nitrogen and oxygen atoms in total. The first-order chi connectivity index (χ1) is 16.9. The first kappa shape index (κ1) is 28.4. The van der Waals surface area contributed by atoms with Crippen LogP contribution >= 0.6 is 0 Å². The summed E-state index contributed by atoms with van der Waals surface area (Å²) in [7, 11) is 0. The first-order valence-electron chi connectivity index (χ1n) is 13.2. The molecule has 0 saturated heterocycles. The van der Waals surface area contributed by atoms with Gasteiger partial charge in [-0.05, 0) is 68.1 Å². The maximum atomic E-state index is 12.9. The smallest absolute Gasteiger partial charge is 0.339 e. The Kier molecular flexibility index (Phi) is 12.4. The van der Waals surface area contributed by atoms with Crippen LogP contribution in [0, 0.1) is 0 Å². The summed E-state index contributed by atoms with van der Waals surface area (Å²) in [4.78, 5) is 24.0. The Balaban J connectivity index is 2.03. The van der Waals surface area contributed by atoms with Crippen molar-refractivity contribution in [1.82, 2.24) is 0 Å². The number of rotatable bonds is 17. The van der Waals surface area contributed by atoms with Crippen LogP contribution in [0.15, 0.2) is 48.5 Å². The summed E-state index contributed by atoms with van der Waals surface area (Å²) in [5.41, 5.74) is 0.624. The molecule has 0 fully saturated rings. The molecule has 1 N–H and O–H groups in total. The molecule has 2 rings (SSSR count). The number of ether oxygens (including phenoxy) is 2. The highest BCUT2D eigenvalue weighted by atomic mass is 16.6. The van der Waals surface area contributed by atoms with Gasteiger partial charge in [0.1, 0.15) is 11.4 Å². The van der Waals surface area contributed by atoms with E-state index in [1.54, 1.807) is 0 Å². The van der Waals surface area contributed by atoms with Gasteiger partial charge in [0, 0.05) is 0 Å². The molecule has 192 valence electrons. The molecule has 1 unspecified atom stereocenters. The normalized spacial score (nSPS) is 12.7. The largest absolute Gasteiger partial charge is 0.494 e. The number of carboxylic acids is 1. The van der Waals surface area contributed by atoms with Gasteiger partial charge in [-0.25, -0.2) is 9.59 Å². The Labute approximate surface area is 210 Å². The number of hydrogen-bond acceptors (Lipinski definition) is 4. The fourth-order valence-electron chi connectivity index (χ4n) is 4.13. The molecule has 0 saturated carbocycles. The van der Waals surface area contributed by atoms with Gasteiger partial charge < -0.3 is 14.6 Å². The van der Waals surface area contributed by atoms with E-state index in [0.717, 1.165) is 43.4 Å². The minimum absolute atomic E-state index is 0.139. The highest BCUT2D eigenvalue weighted by Crippen LogP contribution is 2.34. The zero-order valence-corrected chi connectivity index (χ0v) is 21.7. The number of benzene rings is 2. The van der Waals surface area contributed by atoms with E-state index in [1.807, 2.05) is 31.2 Å². The molecule has 0 aliphatic heterocycles. The third kappa shape index (κ3) is 9.75. The van der Waals surface area contributed by atoms with Gasteiger partial charge >= 0.3 is 11.9 Å². The predicted molar refractivity (Wildman–Crippen MR) is 140 cm³/mol. The second-order valence-corrected chi connectivity index (χ2v) is 9.45. The fraction of sp³-hybridized carbons (Fsp3) is 0.533. The molecular formula is C30H42O5. The van der Waals surface area contributed by atoms with Gasteiger partial charge in [-0.3, -0.25) is 0 Å². The highest BCUT2D eigenvalue weighted by molar-refractivity contribution is 5.92. The predicted octanol–water partition coefficient (Wildman–Crippen LogP) is 8.17. The van der Waals surface area contributed by atoms with Crippen LogP contribution in [-0.2, 0) is 10.3 Å². The Morgan fingerprint density at radius 2 is 1.29 bits per heavy atom. The molecule has 0 aromatic heterocycles. The molecule has 0 spiro atoms. The lowest BCUT2D eigenvalue weighted by molar-refractivity contribution is -0.0176. The van der Waals surface area contributed by atoms with Crippen molar-refractivity contribution in [3.8, 4) is 5.75 Å². The van der Waals surface area contributed by atoms with Gasteiger partial charge in [0.2, 0.25) is 0 Å². The maximum absolute atomic E-state index is 12.9. The standard InChI is InChI=1S/C30H42O5/c1-4-6-8-10-11-13-23-34-27-20-18-26(19-21-27)30(3,22-12-9-7-5-2)35-29(33)25-16-14-24(15-17-25)28(31)32/h14-21H,4-13,22-23H2,1-3H3,(H,31,32). The Morgan fingerprint density at radius 1 is 0.743 bits per heavy atom. The van der Waals surface area contributed by atoms with Crippen molar-refractivity contribution in [3.63, 3.8) is 0 Å². The van der Waals surface area contributed by atoms with Crippen LogP contribution in [0.4, 0.5) is 0 Å². The van der Waals surface area contributed by atoms with Gasteiger partial charge in [0.25, 0.3) is 0 Å². The minimum Gasteiger partial charge on any atom is -0.494 e. The van der Waals surface area contributed by atoms with Crippen LogP contribution < -0.4 is 4.74 Å². The zero-order chi connectivity index (χ0) is 25.5. The lowest BCUT2D eigenvalue weighted by atomic mass is 9.89. The zero-order valence-electron chi connectivity index (χ0n) is 21.7. The average molecular weight is 483 g/mol. The molecule has 1 atom stereocenters. The monoisotopic (exact) mass is 482 g/mol. The highest BCUT2D eigenvalue weighted by Gasteiger charge is 2.31. The molecule has 0 heterocycles. The fourth-order valence-corrected chi connectivity index (χ4v) is 4.13. The van der Waals surface area contributed by atoms with Gasteiger partial charge in [0.15, 0.2) is 0 Å². The van der Waals surface area contributed by atoms with Crippen molar-refractivity contribution in [2.24, 2.45) is 0 Å². The Morgan fingerprint density at radius 3 is 1.89 bits per heavy atom. The lowest BCUT2D eigenvalue weighted by Gasteiger charge is -2.30. The third-order valence-corrected chi connectivity index (χ3v) is 6.42. The molecular weight excluding hydrogens is 440 g/mol. The number of unbranched alkanes of at least 4 members (excludes halogenated alkanes) is 8. The van der Waals surface area contributed by atoms with E-state index in [0.29, 0.717) is 18.6 Å². The average Bonchev–Trinajstić information content (AvgIpc) is 2.86. The number of carbonyl (C=O) groups excluding carboxylic acids is 1. The number of carbonyl (C=O) groups is 2. The van der Waals surface area contributed by atoms with Crippen molar-refractivity contribution in [1.29, 1.82) is 0 Å². The topological polar surface area (TPSA) is 72.8 Å². The molecule has 2 aromatic carbocycles. The van der Waals surface area contributed by atoms with Crippen LogP contribution in [0.2, 0.25) is 0 Å². The molecule has 35 heavy (non-hydrogen) atoms. The Bertz CT molecular complexity index is 888. The van der Waals surface area contributed by atoms with Crippen molar-refractivity contribution in [2.75, 3.05) is 6.61 Å². The van der Waals surface area contributed by atoms with Crippen molar-refractivity contribution >= 4 is 11.9 Å². The Hall–Kier alpha value is -2.82. The van der Waals surface area contributed by atoms with Gasteiger partial charge in [-0.1, -0.05) is 77.3 Å². The van der Waals surface area contributed by atoms with E-state index in [2.05, 4.69) is 13.8 Å². The van der Waals surface area contributed by atoms with E-state index in [4.69, 9.17) is 14.6 Å². The van der Waals surface area contributed by atoms with Gasteiger partial charge in [-0.15, -0.1) is 0 Å². The summed E-state index contributed by atoms with van der Waals surface area (Å²) < 4.78 is 12.0. The second kappa shape index (κ2) is 15.2. The number of hydrogen-bond donors (Lipinski definition) is 1. The molecule has 0 aliphatic carbocycles. The summed E-state index contributed by atoms with van der Waals surface area (Å²) in [6, 6.07) is 13.7. The number of aromatic carboxylic acids is 1. The van der Waals surface area contributed by atoms with E-state index in [1.165, 1.54) is 56.4 Å². The molecule has 0 bridgehead atoms. The lowest BCUT2D eigenvalue weighted by Crippen LogP contribution is -2.29. The summed E-state index contributed by atoms with van der Waals surface area (Å²) in [5, 5.41) is 9.10. The number of esters is 1. The third-order valence-electron chi connectivity index (χ3n) is 6.42. The molecule has 0 amide bonds. The van der Waals surface area contributed by atoms with E-state index in [-0.39, 0.29) is 5.56 Å². The molecule has 5 heteroatoms. The van der Waals surface area contributed by atoms with Crippen LogP contribution in [0.3, 0.4) is 0 Å². The molecule has 0 radical (unpaired) electrons. The van der Waals surface area contributed by atoms with Crippen LogP contribution in [0.1, 0.15) is 118 Å². The van der Waals surface area contributed by atoms with Gasteiger partial charge in [-0.2, -0.15) is 0 Å². The molecule has 0 aliphatic rings.